The Morgan fingerprint density at radius 2 is 1.57 bits per heavy atom. The van der Waals surface area contributed by atoms with Gasteiger partial charge in [0.05, 0.1) is 0 Å². The van der Waals surface area contributed by atoms with E-state index in [0.717, 1.165) is 25.4 Å². The number of nitrogens with one attached hydrogen (secondary N) is 1. The average molecular weight is 281 g/mol. The maximum Gasteiger partial charge on any atom is 0.0205 e. The Hall–Kier alpha value is -1.60. The van der Waals surface area contributed by atoms with Crippen molar-refractivity contribution in [3.05, 3.63) is 70.8 Å². The van der Waals surface area contributed by atoms with Crippen LogP contribution in [0.1, 0.15) is 36.1 Å². The first-order chi connectivity index (χ1) is 10.1. The molecule has 0 saturated heterocycles. The molecule has 2 rings (SSSR count). The molecule has 0 amide bonds. The molecule has 0 spiro atoms. The molecule has 0 saturated carbocycles. The van der Waals surface area contributed by atoms with Crippen molar-refractivity contribution in [2.24, 2.45) is 5.92 Å². The van der Waals surface area contributed by atoms with Gasteiger partial charge in [-0.25, -0.2) is 0 Å². The summed E-state index contributed by atoms with van der Waals surface area (Å²) in [7, 11) is 0. The molecule has 0 aliphatic heterocycles. The SMILES string of the molecule is Cc1ccccc1CCNCc1ccc(CC(C)C)cc1. The Balaban J connectivity index is 1.75. The highest BCUT2D eigenvalue weighted by Gasteiger charge is 1.99. The molecule has 21 heavy (non-hydrogen) atoms. The summed E-state index contributed by atoms with van der Waals surface area (Å²) < 4.78 is 0. The second-order valence-corrected chi connectivity index (χ2v) is 6.27. The van der Waals surface area contributed by atoms with Crippen LogP contribution in [0.25, 0.3) is 0 Å². The molecule has 0 aliphatic rings. The van der Waals surface area contributed by atoms with E-state index in [0.29, 0.717) is 0 Å². The van der Waals surface area contributed by atoms with Crippen LogP contribution >= 0.6 is 0 Å². The summed E-state index contributed by atoms with van der Waals surface area (Å²) in [6, 6.07) is 17.6. The number of hydrogen-bond donors (Lipinski definition) is 1. The van der Waals surface area contributed by atoms with Crippen LogP contribution in [0.2, 0.25) is 0 Å². The molecule has 0 radical (unpaired) electrons. The number of benzene rings is 2. The third-order valence-electron chi connectivity index (χ3n) is 3.83. The van der Waals surface area contributed by atoms with Gasteiger partial charge in [0.15, 0.2) is 0 Å². The zero-order chi connectivity index (χ0) is 15.1. The topological polar surface area (TPSA) is 12.0 Å². The molecule has 0 aromatic heterocycles. The van der Waals surface area contributed by atoms with E-state index in [-0.39, 0.29) is 0 Å². The van der Waals surface area contributed by atoms with E-state index in [2.05, 4.69) is 74.6 Å². The lowest BCUT2D eigenvalue weighted by molar-refractivity contribution is 0.646. The van der Waals surface area contributed by atoms with Crippen LogP contribution < -0.4 is 5.32 Å². The Morgan fingerprint density at radius 3 is 2.24 bits per heavy atom. The normalized spacial score (nSPS) is 11.0. The molecule has 2 aromatic rings. The third-order valence-corrected chi connectivity index (χ3v) is 3.83. The first kappa shape index (κ1) is 15.8. The van der Waals surface area contributed by atoms with Gasteiger partial charge in [-0.1, -0.05) is 62.4 Å². The van der Waals surface area contributed by atoms with Crippen molar-refractivity contribution in [2.45, 2.75) is 40.2 Å². The minimum absolute atomic E-state index is 0.725. The molecule has 0 aliphatic carbocycles. The highest BCUT2D eigenvalue weighted by molar-refractivity contribution is 5.26. The van der Waals surface area contributed by atoms with Crippen molar-refractivity contribution in [1.29, 1.82) is 0 Å². The van der Waals surface area contributed by atoms with Gasteiger partial charge in [-0.3, -0.25) is 0 Å². The Kier molecular flexibility index (Phi) is 6.01. The summed E-state index contributed by atoms with van der Waals surface area (Å²) >= 11 is 0. The molecular formula is C20H27N. The zero-order valence-corrected chi connectivity index (χ0v) is 13.5. The van der Waals surface area contributed by atoms with Gasteiger partial charge in [-0.15, -0.1) is 0 Å². The minimum atomic E-state index is 0.725. The average Bonchev–Trinajstić information content (AvgIpc) is 2.46. The lowest BCUT2D eigenvalue weighted by Crippen LogP contribution is -2.17. The second-order valence-electron chi connectivity index (χ2n) is 6.27. The molecule has 0 atom stereocenters. The van der Waals surface area contributed by atoms with E-state index in [1.165, 1.54) is 28.7 Å². The number of hydrogen-bond acceptors (Lipinski definition) is 1. The first-order valence-electron chi connectivity index (χ1n) is 7.98. The van der Waals surface area contributed by atoms with Crippen molar-refractivity contribution in [3.63, 3.8) is 0 Å². The summed E-state index contributed by atoms with van der Waals surface area (Å²) in [6.45, 7) is 8.69. The lowest BCUT2D eigenvalue weighted by atomic mass is 10.0. The van der Waals surface area contributed by atoms with Crippen LogP contribution in [0.3, 0.4) is 0 Å². The Bertz CT molecular complexity index is 540. The molecular weight excluding hydrogens is 254 g/mol. The molecule has 1 N–H and O–H groups in total. The number of aryl methyl sites for hydroxylation is 1. The van der Waals surface area contributed by atoms with Crippen LogP contribution in [0.15, 0.2) is 48.5 Å². The predicted molar refractivity (Wildman–Crippen MR) is 91.6 cm³/mol. The fraction of sp³-hybridized carbons (Fsp3) is 0.400. The summed E-state index contributed by atoms with van der Waals surface area (Å²) in [5.74, 6) is 0.725. The Labute approximate surface area is 129 Å². The fourth-order valence-electron chi connectivity index (χ4n) is 2.61. The third kappa shape index (κ3) is 5.35. The molecule has 112 valence electrons. The van der Waals surface area contributed by atoms with Crippen molar-refractivity contribution >= 4 is 0 Å². The minimum Gasteiger partial charge on any atom is -0.312 e. The molecule has 1 nitrogen and oxygen atoms in total. The van der Waals surface area contributed by atoms with Crippen molar-refractivity contribution in [1.82, 2.24) is 5.32 Å². The van der Waals surface area contributed by atoms with E-state index >= 15 is 0 Å². The Morgan fingerprint density at radius 1 is 0.905 bits per heavy atom. The highest BCUT2D eigenvalue weighted by atomic mass is 14.8. The monoisotopic (exact) mass is 281 g/mol. The van der Waals surface area contributed by atoms with Gasteiger partial charge in [0.25, 0.3) is 0 Å². The maximum atomic E-state index is 3.54. The van der Waals surface area contributed by atoms with Crippen molar-refractivity contribution in [3.8, 4) is 0 Å². The van der Waals surface area contributed by atoms with E-state index in [4.69, 9.17) is 0 Å². The second kappa shape index (κ2) is 7.99. The van der Waals surface area contributed by atoms with Gasteiger partial charge in [0.1, 0.15) is 0 Å². The lowest BCUT2D eigenvalue weighted by Gasteiger charge is -2.09. The zero-order valence-electron chi connectivity index (χ0n) is 13.5. The molecule has 0 heterocycles. The molecule has 0 bridgehead atoms. The number of rotatable bonds is 7. The smallest absolute Gasteiger partial charge is 0.0205 e. The van der Waals surface area contributed by atoms with Gasteiger partial charge >= 0.3 is 0 Å². The fourth-order valence-corrected chi connectivity index (χ4v) is 2.61. The van der Waals surface area contributed by atoms with Crippen LogP contribution in [0, 0.1) is 12.8 Å². The van der Waals surface area contributed by atoms with Gasteiger partial charge < -0.3 is 5.32 Å². The largest absolute Gasteiger partial charge is 0.312 e. The highest BCUT2D eigenvalue weighted by Crippen LogP contribution is 2.10. The van der Waals surface area contributed by atoms with Crippen LogP contribution in [-0.2, 0) is 19.4 Å². The van der Waals surface area contributed by atoms with Gasteiger partial charge in [0, 0.05) is 6.54 Å². The van der Waals surface area contributed by atoms with E-state index in [1.807, 2.05) is 0 Å². The van der Waals surface area contributed by atoms with E-state index < -0.39 is 0 Å². The quantitative estimate of drug-likeness (QED) is 0.735. The van der Waals surface area contributed by atoms with Crippen LogP contribution in [0.5, 0.6) is 0 Å². The molecule has 0 fully saturated rings. The van der Waals surface area contributed by atoms with Crippen LogP contribution in [0.4, 0.5) is 0 Å². The van der Waals surface area contributed by atoms with Crippen molar-refractivity contribution in [2.75, 3.05) is 6.54 Å². The van der Waals surface area contributed by atoms with E-state index in [1.54, 1.807) is 0 Å². The summed E-state index contributed by atoms with van der Waals surface area (Å²) in [5, 5.41) is 3.54. The molecule has 1 heteroatoms. The first-order valence-corrected chi connectivity index (χ1v) is 7.98. The summed E-state index contributed by atoms with van der Waals surface area (Å²) in [4.78, 5) is 0. The maximum absolute atomic E-state index is 3.54. The van der Waals surface area contributed by atoms with E-state index in [9.17, 15) is 0 Å². The molecule has 2 aromatic carbocycles. The standard InChI is InChI=1S/C20H27N/c1-16(2)14-18-8-10-19(11-9-18)15-21-13-12-20-7-5-4-6-17(20)3/h4-11,16,21H,12-15H2,1-3H3. The van der Waals surface area contributed by atoms with Gasteiger partial charge in [-0.05, 0) is 54.5 Å². The predicted octanol–water partition coefficient (Wildman–Crippen LogP) is 4.53. The molecule has 0 unspecified atom stereocenters. The van der Waals surface area contributed by atoms with Gasteiger partial charge in [-0.2, -0.15) is 0 Å². The van der Waals surface area contributed by atoms with Gasteiger partial charge in [0.2, 0.25) is 0 Å². The summed E-state index contributed by atoms with van der Waals surface area (Å²) in [6.07, 6.45) is 2.26. The van der Waals surface area contributed by atoms with Crippen molar-refractivity contribution < 1.29 is 0 Å². The summed E-state index contributed by atoms with van der Waals surface area (Å²) in [5.41, 5.74) is 5.63. The van der Waals surface area contributed by atoms with Crippen LogP contribution in [-0.4, -0.2) is 6.54 Å².